The summed E-state index contributed by atoms with van der Waals surface area (Å²) >= 11 is 0. The van der Waals surface area contributed by atoms with Gasteiger partial charge in [-0.1, -0.05) is 13.8 Å². The van der Waals surface area contributed by atoms with Crippen LogP contribution in [-0.4, -0.2) is 62.3 Å². The summed E-state index contributed by atoms with van der Waals surface area (Å²) in [7, 11) is 1.77. The van der Waals surface area contributed by atoms with Crippen molar-refractivity contribution in [3.05, 3.63) is 0 Å². The van der Waals surface area contributed by atoms with Crippen LogP contribution in [0.1, 0.15) is 27.7 Å². The van der Waals surface area contributed by atoms with Crippen LogP contribution in [-0.2, 0) is 4.74 Å². The molecule has 0 aromatic carbocycles. The second-order valence-corrected chi connectivity index (χ2v) is 3.96. The van der Waals surface area contributed by atoms with E-state index in [9.17, 15) is 0 Å². The lowest BCUT2D eigenvalue weighted by Crippen LogP contribution is -2.49. The largest absolute Gasteiger partial charge is 0.383 e. The van der Waals surface area contributed by atoms with Gasteiger partial charge in [0.15, 0.2) is 0 Å². The lowest BCUT2D eigenvalue weighted by atomic mass is 10.2. The van der Waals surface area contributed by atoms with E-state index in [1.165, 1.54) is 26.2 Å². The SMILES string of the molecule is CC.COCCN1CCN(C(C)C)CC1. The van der Waals surface area contributed by atoms with Gasteiger partial charge in [-0.05, 0) is 13.8 Å². The molecule has 0 aromatic rings. The molecular formula is C12H28N2O. The van der Waals surface area contributed by atoms with E-state index in [-0.39, 0.29) is 0 Å². The van der Waals surface area contributed by atoms with Crippen LogP contribution in [0, 0.1) is 0 Å². The van der Waals surface area contributed by atoms with Gasteiger partial charge in [-0.2, -0.15) is 0 Å². The molecule has 1 heterocycles. The lowest BCUT2D eigenvalue weighted by Gasteiger charge is -2.36. The third-order valence-corrected chi connectivity index (χ3v) is 2.75. The first-order valence-electron chi connectivity index (χ1n) is 6.19. The van der Waals surface area contributed by atoms with E-state index in [0.717, 1.165) is 13.2 Å². The molecule has 1 fully saturated rings. The second-order valence-electron chi connectivity index (χ2n) is 3.96. The minimum Gasteiger partial charge on any atom is -0.383 e. The minimum absolute atomic E-state index is 0.699. The standard InChI is InChI=1S/C10H22N2O.C2H6/c1-10(2)12-6-4-11(5-7-12)8-9-13-3;1-2/h10H,4-9H2,1-3H3;1-2H3. The first-order chi connectivity index (χ1) is 7.24. The fourth-order valence-corrected chi connectivity index (χ4v) is 1.72. The smallest absolute Gasteiger partial charge is 0.0589 e. The zero-order valence-electron chi connectivity index (χ0n) is 11.1. The Bertz CT molecular complexity index is 132. The molecule has 1 aliphatic rings. The Balaban J connectivity index is 0.000000921. The molecule has 0 saturated carbocycles. The van der Waals surface area contributed by atoms with Crippen LogP contribution in [0.2, 0.25) is 0 Å². The summed E-state index contributed by atoms with van der Waals surface area (Å²) in [5.74, 6) is 0. The van der Waals surface area contributed by atoms with Crippen molar-refractivity contribution in [3.8, 4) is 0 Å². The molecule has 0 bridgehead atoms. The van der Waals surface area contributed by atoms with E-state index in [1.807, 2.05) is 13.8 Å². The van der Waals surface area contributed by atoms with E-state index >= 15 is 0 Å². The van der Waals surface area contributed by atoms with Gasteiger partial charge in [0.1, 0.15) is 0 Å². The highest BCUT2D eigenvalue weighted by atomic mass is 16.5. The Kier molecular flexibility index (Phi) is 9.06. The maximum atomic E-state index is 5.06. The molecule has 0 N–H and O–H groups in total. The number of nitrogens with zero attached hydrogens (tertiary/aromatic N) is 2. The van der Waals surface area contributed by atoms with Crippen molar-refractivity contribution in [1.82, 2.24) is 9.80 Å². The molecular weight excluding hydrogens is 188 g/mol. The van der Waals surface area contributed by atoms with Crippen LogP contribution in [0.4, 0.5) is 0 Å². The fraction of sp³-hybridized carbons (Fsp3) is 1.00. The van der Waals surface area contributed by atoms with Crippen LogP contribution < -0.4 is 0 Å². The number of hydrogen-bond acceptors (Lipinski definition) is 3. The highest BCUT2D eigenvalue weighted by molar-refractivity contribution is 4.73. The van der Waals surface area contributed by atoms with Crippen LogP contribution in [0.5, 0.6) is 0 Å². The minimum atomic E-state index is 0.699. The summed E-state index contributed by atoms with van der Waals surface area (Å²) < 4.78 is 5.06. The van der Waals surface area contributed by atoms with Crippen molar-refractivity contribution in [2.24, 2.45) is 0 Å². The molecule has 15 heavy (non-hydrogen) atoms. The van der Waals surface area contributed by atoms with Gasteiger partial charge >= 0.3 is 0 Å². The monoisotopic (exact) mass is 216 g/mol. The van der Waals surface area contributed by atoms with Gasteiger partial charge in [0, 0.05) is 45.9 Å². The second kappa shape index (κ2) is 9.13. The van der Waals surface area contributed by atoms with Crippen molar-refractivity contribution in [1.29, 1.82) is 0 Å². The van der Waals surface area contributed by atoms with Crippen molar-refractivity contribution in [2.45, 2.75) is 33.7 Å². The highest BCUT2D eigenvalue weighted by Crippen LogP contribution is 2.04. The van der Waals surface area contributed by atoms with E-state index in [1.54, 1.807) is 7.11 Å². The van der Waals surface area contributed by atoms with Crippen LogP contribution in [0.3, 0.4) is 0 Å². The number of rotatable bonds is 4. The van der Waals surface area contributed by atoms with Gasteiger partial charge in [-0.3, -0.25) is 9.80 Å². The summed E-state index contributed by atoms with van der Waals surface area (Å²) in [6.07, 6.45) is 0. The van der Waals surface area contributed by atoms with E-state index in [0.29, 0.717) is 6.04 Å². The summed E-state index contributed by atoms with van der Waals surface area (Å²) in [6, 6.07) is 0.699. The number of hydrogen-bond donors (Lipinski definition) is 0. The Hall–Kier alpha value is -0.120. The van der Waals surface area contributed by atoms with Crippen molar-refractivity contribution < 1.29 is 4.74 Å². The molecule has 1 rings (SSSR count). The summed E-state index contributed by atoms with van der Waals surface area (Å²) in [6.45, 7) is 15.3. The van der Waals surface area contributed by atoms with Crippen LogP contribution in [0.15, 0.2) is 0 Å². The number of piperazine rings is 1. The molecule has 3 nitrogen and oxygen atoms in total. The third kappa shape index (κ3) is 6.13. The lowest BCUT2D eigenvalue weighted by molar-refractivity contribution is 0.0828. The first-order valence-corrected chi connectivity index (χ1v) is 6.19. The van der Waals surface area contributed by atoms with Crippen LogP contribution in [0.25, 0.3) is 0 Å². The molecule has 1 aliphatic heterocycles. The topological polar surface area (TPSA) is 15.7 Å². The molecule has 3 heteroatoms. The summed E-state index contributed by atoms with van der Waals surface area (Å²) in [5.41, 5.74) is 0. The average molecular weight is 216 g/mol. The molecule has 0 radical (unpaired) electrons. The predicted molar refractivity (Wildman–Crippen MR) is 66.4 cm³/mol. The molecule has 92 valence electrons. The third-order valence-electron chi connectivity index (χ3n) is 2.75. The van der Waals surface area contributed by atoms with Crippen molar-refractivity contribution in [3.63, 3.8) is 0 Å². The maximum Gasteiger partial charge on any atom is 0.0589 e. The predicted octanol–water partition coefficient (Wildman–Crippen LogP) is 1.69. The molecule has 0 spiro atoms. The Morgan fingerprint density at radius 1 is 1.07 bits per heavy atom. The van der Waals surface area contributed by atoms with Gasteiger partial charge in [0.2, 0.25) is 0 Å². The molecule has 0 unspecified atom stereocenters. The Morgan fingerprint density at radius 3 is 2.00 bits per heavy atom. The number of ether oxygens (including phenoxy) is 1. The van der Waals surface area contributed by atoms with E-state index < -0.39 is 0 Å². The zero-order valence-corrected chi connectivity index (χ0v) is 11.1. The van der Waals surface area contributed by atoms with Gasteiger partial charge in [0.25, 0.3) is 0 Å². The van der Waals surface area contributed by atoms with Crippen molar-refractivity contribution in [2.75, 3.05) is 46.4 Å². The fourth-order valence-electron chi connectivity index (χ4n) is 1.72. The van der Waals surface area contributed by atoms with E-state index in [4.69, 9.17) is 4.74 Å². The quantitative estimate of drug-likeness (QED) is 0.711. The molecule has 0 aliphatic carbocycles. The summed E-state index contributed by atoms with van der Waals surface area (Å²) in [4.78, 5) is 5.01. The van der Waals surface area contributed by atoms with E-state index in [2.05, 4.69) is 23.6 Å². The first kappa shape index (κ1) is 14.9. The van der Waals surface area contributed by atoms with Gasteiger partial charge in [-0.25, -0.2) is 0 Å². The van der Waals surface area contributed by atoms with Gasteiger partial charge in [0.05, 0.1) is 6.61 Å². The molecule has 0 aromatic heterocycles. The maximum absolute atomic E-state index is 5.06. The molecule has 0 amide bonds. The summed E-state index contributed by atoms with van der Waals surface area (Å²) in [5, 5.41) is 0. The zero-order chi connectivity index (χ0) is 11.7. The van der Waals surface area contributed by atoms with Gasteiger partial charge in [-0.15, -0.1) is 0 Å². The highest BCUT2D eigenvalue weighted by Gasteiger charge is 2.17. The normalized spacial score (nSPS) is 18.8. The Morgan fingerprint density at radius 2 is 1.60 bits per heavy atom. The number of methoxy groups -OCH3 is 1. The molecule has 1 saturated heterocycles. The van der Waals surface area contributed by atoms with Crippen LogP contribution >= 0.6 is 0 Å². The Labute approximate surface area is 95.4 Å². The average Bonchev–Trinajstić information content (AvgIpc) is 2.29. The van der Waals surface area contributed by atoms with Crippen molar-refractivity contribution >= 4 is 0 Å². The molecule has 0 atom stereocenters. The van der Waals surface area contributed by atoms with Gasteiger partial charge < -0.3 is 4.74 Å².